The fourth-order valence-electron chi connectivity index (χ4n) is 4.60. The molecule has 0 bridgehead atoms. The van der Waals surface area contributed by atoms with Crippen LogP contribution in [0.4, 0.5) is 4.39 Å². The van der Waals surface area contributed by atoms with Gasteiger partial charge in [0, 0.05) is 29.5 Å². The van der Waals surface area contributed by atoms with E-state index in [-0.39, 0.29) is 25.3 Å². The normalized spacial score (nSPS) is 16.1. The molecule has 3 atom stereocenters. The lowest BCUT2D eigenvalue weighted by Crippen LogP contribution is -2.56. The number of nitrogens with zero attached hydrogens (tertiary/aromatic N) is 1. The van der Waals surface area contributed by atoms with Gasteiger partial charge >= 0.3 is 0 Å². The highest BCUT2D eigenvalue weighted by atomic mass is 79.9. The zero-order chi connectivity index (χ0) is 29.1. The van der Waals surface area contributed by atoms with Crippen molar-refractivity contribution in [3.05, 3.63) is 70.2 Å². The van der Waals surface area contributed by atoms with E-state index in [1.807, 2.05) is 30.3 Å². The fourth-order valence-corrected chi connectivity index (χ4v) is 4.86. The van der Waals surface area contributed by atoms with E-state index >= 15 is 0 Å². The van der Waals surface area contributed by atoms with E-state index in [0.717, 1.165) is 10.0 Å². The Morgan fingerprint density at radius 1 is 1.05 bits per heavy atom. The van der Waals surface area contributed by atoms with Crippen LogP contribution in [0.25, 0.3) is 0 Å². The molecule has 3 amide bonds. The molecule has 2 aromatic rings. The summed E-state index contributed by atoms with van der Waals surface area (Å²) in [6.45, 7) is -0.644. The number of nitrogens with one attached hydrogen (secondary N) is 4. The standard InChI is InChI=1S/C28H34BrFN6O4/c29-20-12-10-19(11-13-20)25(38)35-22(16-18-6-2-1-3-7-18)27(40)36-15-5-9-23(36)26(39)34-21(24(37)17-30)8-4-14-33-28(31)32/h1-3,6-7,10-13,21-23H,4-5,8-9,14-17H2,(H,34,39)(H,35,38)(H4,31,32,33)/t21-,22-,23-/m0/s1. The smallest absolute Gasteiger partial charge is 0.251 e. The van der Waals surface area contributed by atoms with Crippen molar-refractivity contribution in [1.82, 2.24) is 20.9 Å². The summed E-state index contributed by atoms with van der Waals surface area (Å²) < 4.78 is 14.0. The van der Waals surface area contributed by atoms with Crippen molar-refractivity contribution in [3.8, 4) is 0 Å². The minimum Gasteiger partial charge on any atom is -0.370 e. The van der Waals surface area contributed by atoms with Crippen LogP contribution in [0.3, 0.4) is 0 Å². The first-order chi connectivity index (χ1) is 19.2. The molecule has 12 heteroatoms. The maximum absolute atomic E-state index is 13.8. The first-order valence-corrected chi connectivity index (χ1v) is 13.9. The fraction of sp³-hybridized carbons (Fsp3) is 0.393. The van der Waals surface area contributed by atoms with Gasteiger partial charge in [-0.05, 0) is 55.5 Å². The van der Waals surface area contributed by atoms with Crippen LogP contribution in [0.1, 0.15) is 41.6 Å². The summed E-state index contributed by atoms with van der Waals surface area (Å²) in [5, 5.41) is 15.3. The lowest BCUT2D eigenvalue weighted by Gasteiger charge is -2.30. The van der Waals surface area contributed by atoms with Gasteiger partial charge in [0.15, 0.2) is 11.7 Å². The lowest BCUT2D eigenvalue weighted by atomic mass is 10.0. The number of benzene rings is 2. The van der Waals surface area contributed by atoms with Gasteiger partial charge in [-0.2, -0.15) is 0 Å². The summed E-state index contributed by atoms with van der Waals surface area (Å²) in [5.41, 5.74) is 6.48. The van der Waals surface area contributed by atoms with Gasteiger partial charge in [0.1, 0.15) is 18.8 Å². The van der Waals surface area contributed by atoms with E-state index in [4.69, 9.17) is 11.1 Å². The van der Waals surface area contributed by atoms with Gasteiger partial charge in [0.25, 0.3) is 5.91 Å². The molecule has 214 valence electrons. The highest BCUT2D eigenvalue weighted by molar-refractivity contribution is 9.10. The van der Waals surface area contributed by atoms with Crippen molar-refractivity contribution in [2.75, 3.05) is 19.8 Å². The second kappa shape index (κ2) is 15.1. The van der Waals surface area contributed by atoms with Crippen LogP contribution in [-0.2, 0) is 20.8 Å². The molecule has 2 aromatic carbocycles. The molecule has 0 aliphatic carbocycles. The van der Waals surface area contributed by atoms with Crippen LogP contribution in [-0.4, -0.2) is 72.3 Å². The van der Waals surface area contributed by atoms with Crippen molar-refractivity contribution < 1.29 is 23.6 Å². The third kappa shape index (κ3) is 8.87. The van der Waals surface area contributed by atoms with Crippen LogP contribution >= 0.6 is 15.9 Å². The number of Topliss-reactive ketones (excluding diaryl/α,β-unsaturated/α-hetero) is 1. The van der Waals surface area contributed by atoms with Crippen LogP contribution in [0, 0.1) is 5.41 Å². The number of rotatable bonds is 13. The molecule has 1 saturated heterocycles. The Kier molecular flexibility index (Phi) is 11.6. The number of carbonyl (C=O) groups excluding carboxylic acids is 4. The Morgan fingerprint density at radius 2 is 1.75 bits per heavy atom. The Hall–Kier alpha value is -3.80. The predicted molar refractivity (Wildman–Crippen MR) is 152 cm³/mol. The van der Waals surface area contributed by atoms with E-state index in [0.29, 0.717) is 31.4 Å². The molecular formula is C28H34BrFN6O4. The summed E-state index contributed by atoms with van der Waals surface area (Å²) in [5.74, 6) is -2.37. The van der Waals surface area contributed by atoms with E-state index in [1.54, 1.807) is 24.3 Å². The molecular weight excluding hydrogens is 583 g/mol. The largest absolute Gasteiger partial charge is 0.370 e. The van der Waals surface area contributed by atoms with Gasteiger partial charge < -0.3 is 26.6 Å². The Labute approximate surface area is 240 Å². The van der Waals surface area contributed by atoms with Crippen LogP contribution in [0.2, 0.25) is 0 Å². The van der Waals surface area contributed by atoms with E-state index in [2.05, 4.69) is 31.9 Å². The van der Waals surface area contributed by atoms with E-state index in [1.165, 1.54) is 4.90 Å². The average Bonchev–Trinajstić information content (AvgIpc) is 3.44. The molecule has 0 aromatic heterocycles. The van der Waals surface area contributed by atoms with Crippen molar-refractivity contribution >= 4 is 45.4 Å². The third-order valence-corrected chi connectivity index (χ3v) is 7.18. The molecule has 1 aliphatic rings. The Morgan fingerprint density at radius 3 is 2.40 bits per heavy atom. The molecule has 40 heavy (non-hydrogen) atoms. The SMILES string of the molecule is N=C(N)NCCC[C@H](NC(=O)[C@@H]1CCCN1C(=O)[C@H](Cc1ccccc1)NC(=O)c1ccc(Br)cc1)C(=O)CF. The number of amides is 3. The third-order valence-electron chi connectivity index (χ3n) is 6.65. The van der Waals surface area contributed by atoms with Gasteiger partial charge in [0.05, 0.1) is 6.04 Å². The highest BCUT2D eigenvalue weighted by Gasteiger charge is 2.38. The highest BCUT2D eigenvalue weighted by Crippen LogP contribution is 2.21. The number of hydrogen-bond donors (Lipinski definition) is 5. The monoisotopic (exact) mass is 616 g/mol. The van der Waals surface area contributed by atoms with Crippen molar-refractivity contribution in [2.45, 2.75) is 50.2 Å². The number of hydrogen-bond acceptors (Lipinski definition) is 5. The number of likely N-dealkylation sites (tertiary alicyclic amines) is 1. The molecule has 1 heterocycles. The van der Waals surface area contributed by atoms with Gasteiger partial charge in [0.2, 0.25) is 11.8 Å². The van der Waals surface area contributed by atoms with Gasteiger partial charge in [-0.1, -0.05) is 46.3 Å². The average molecular weight is 618 g/mol. The number of ketones is 1. The summed E-state index contributed by atoms with van der Waals surface area (Å²) in [6, 6.07) is 13.1. The van der Waals surface area contributed by atoms with Crippen molar-refractivity contribution in [1.29, 1.82) is 5.41 Å². The molecule has 0 spiro atoms. The topological polar surface area (TPSA) is 157 Å². The minimum atomic E-state index is -1.24. The first kappa shape index (κ1) is 30.7. The number of halogens is 2. The van der Waals surface area contributed by atoms with Gasteiger partial charge in [-0.15, -0.1) is 0 Å². The predicted octanol–water partition coefficient (Wildman–Crippen LogP) is 2.07. The summed E-state index contributed by atoms with van der Waals surface area (Å²) >= 11 is 3.34. The van der Waals surface area contributed by atoms with Crippen LogP contribution in [0.5, 0.6) is 0 Å². The van der Waals surface area contributed by atoms with Crippen LogP contribution in [0.15, 0.2) is 59.1 Å². The number of carbonyl (C=O) groups is 4. The van der Waals surface area contributed by atoms with Crippen molar-refractivity contribution in [2.24, 2.45) is 5.73 Å². The van der Waals surface area contributed by atoms with E-state index < -0.39 is 48.3 Å². The number of nitrogens with two attached hydrogens (primary N) is 1. The lowest BCUT2D eigenvalue weighted by molar-refractivity contribution is -0.140. The first-order valence-electron chi connectivity index (χ1n) is 13.1. The Balaban J connectivity index is 1.74. The second-order valence-electron chi connectivity index (χ2n) is 9.56. The number of alkyl halides is 1. The molecule has 0 unspecified atom stereocenters. The minimum absolute atomic E-state index is 0.148. The van der Waals surface area contributed by atoms with Crippen molar-refractivity contribution in [3.63, 3.8) is 0 Å². The summed E-state index contributed by atoms with van der Waals surface area (Å²) in [6.07, 6.45) is 1.67. The van der Waals surface area contributed by atoms with E-state index in [9.17, 15) is 23.6 Å². The Bertz CT molecular complexity index is 1200. The molecule has 6 N–H and O–H groups in total. The van der Waals surface area contributed by atoms with Gasteiger partial charge in [-0.3, -0.25) is 24.6 Å². The summed E-state index contributed by atoms with van der Waals surface area (Å²) in [4.78, 5) is 53.7. The maximum Gasteiger partial charge on any atom is 0.251 e. The van der Waals surface area contributed by atoms with Gasteiger partial charge in [-0.25, -0.2) is 4.39 Å². The zero-order valence-electron chi connectivity index (χ0n) is 22.0. The maximum atomic E-state index is 13.8. The number of guanidine groups is 1. The molecule has 0 radical (unpaired) electrons. The molecule has 1 fully saturated rings. The summed E-state index contributed by atoms with van der Waals surface area (Å²) in [7, 11) is 0. The van der Waals surface area contributed by atoms with Crippen LogP contribution < -0.4 is 21.7 Å². The molecule has 0 saturated carbocycles. The zero-order valence-corrected chi connectivity index (χ0v) is 23.6. The second-order valence-corrected chi connectivity index (χ2v) is 10.5. The molecule has 3 rings (SSSR count). The molecule has 10 nitrogen and oxygen atoms in total. The quantitative estimate of drug-likeness (QED) is 0.132. The molecule has 1 aliphatic heterocycles.